The molecule has 0 amide bonds. The normalized spacial score (nSPS) is 16.4. The molecule has 3 N–H and O–H groups in total. The van der Waals surface area contributed by atoms with E-state index in [2.05, 4.69) is 15.9 Å². The molecule has 0 aliphatic rings. The molecule has 0 aliphatic carbocycles. The molecule has 0 fully saturated rings. The third-order valence-electron chi connectivity index (χ3n) is 1.44. The van der Waals surface area contributed by atoms with Crippen molar-refractivity contribution in [3.8, 4) is 0 Å². The minimum atomic E-state index is -0.486. The van der Waals surface area contributed by atoms with Gasteiger partial charge in [-0.15, -0.1) is 11.3 Å². The maximum atomic E-state index is 9.15. The standard InChI is InChI=1S/C7H10BrNOS/c1-4(10)7(9)6-2-5(8)3-11-6/h2-4,7,10H,9H2,1H3/t4?,7-/m1/s1. The van der Waals surface area contributed by atoms with Gasteiger partial charge in [0.2, 0.25) is 0 Å². The smallest absolute Gasteiger partial charge is 0.0712 e. The average molecular weight is 236 g/mol. The fraction of sp³-hybridized carbons (Fsp3) is 0.429. The number of aliphatic hydroxyl groups excluding tert-OH is 1. The Morgan fingerprint density at radius 2 is 2.36 bits per heavy atom. The number of halogens is 1. The zero-order chi connectivity index (χ0) is 8.43. The van der Waals surface area contributed by atoms with Gasteiger partial charge in [-0.3, -0.25) is 0 Å². The lowest BCUT2D eigenvalue weighted by atomic mass is 10.2. The molecule has 1 aromatic heterocycles. The average Bonchev–Trinajstić information content (AvgIpc) is 2.34. The van der Waals surface area contributed by atoms with Crippen molar-refractivity contribution in [2.45, 2.75) is 19.1 Å². The lowest BCUT2D eigenvalue weighted by Crippen LogP contribution is -2.21. The van der Waals surface area contributed by atoms with Crippen LogP contribution in [0.4, 0.5) is 0 Å². The first-order chi connectivity index (χ1) is 5.11. The van der Waals surface area contributed by atoms with Gasteiger partial charge in [0.15, 0.2) is 0 Å². The van der Waals surface area contributed by atoms with E-state index < -0.39 is 6.10 Å². The van der Waals surface area contributed by atoms with Crippen LogP contribution in [0.2, 0.25) is 0 Å². The van der Waals surface area contributed by atoms with Gasteiger partial charge in [-0.05, 0) is 28.9 Å². The number of rotatable bonds is 2. The largest absolute Gasteiger partial charge is 0.391 e. The van der Waals surface area contributed by atoms with Gasteiger partial charge in [-0.2, -0.15) is 0 Å². The summed E-state index contributed by atoms with van der Waals surface area (Å²) in [5, 5.41) is 11.1. The van der Waals surface area contributed by atoms with Crippen molar-refractivity contribution in [2.75, 3.05) is 0 Å². The highest BCUT2D eigenvalue weighted by Crippen LogP contribution is 2.25. The van der Waals surface area contributed by atoms with Crippen LogP contribution in [0.5, 0.6) is 0 Å². The molecule has 0 saturated heterocycles. The zero-order valence-corrected chi connectivity index (χ0v) is 8.52. The summed E-state index contributed by atoms with van der Waals surface area (Å²) in [4.78, 5) is 1.01. The number of hydrogen-bond donors (Lipinski definition) is 2. The number of hydrogen-bond acceptors (Lipinski definition) is 3. The lowest BCUT2D eigenvalue weighted by molar-refractivity contribution is 0.165. The maximum absolute atomic E-state index is 9.15. The van der Waals surface area contributed by atoms with Crippen molar-refractivity contribution >= 4 is 27.3 Å². The summed E-state index contributed by atoms with van der Waals surface area (Å²) in [6.45, 7) is 1.69. The second-order valence-corrected chi connectivity index (χ2v) is 4.29. The number of aliphatic hydroxyl groups is 1. The van der Waals surface area contributed by atoms with E-state index in [0.29, 0.717) is 0 Å². The van der Waals surface area contributed by atoms with E-state index >= 15 is 0 Å². The Bertz CT molecular complexity index is 236. The van der Waals surface area contributed by atoms with Crippen molar-refractivity contribution in [3.05, 3.63) is 20.8 Å². The van der Waals surface area contributed by atoms with Gasteiger partial charge in [0, 0.05) is 14.7 Å². The Labute approximate surface area is 78.2 Å². The van der Waals surface area contributed by atoms with E-state index in [-0.39, 0.29) is 6.04 Å². The molecule has 1 heterocycles. The highest BCUT2D eigenvalue weighted by Gasteiger charge is 2.13. The van der Waals surface area contributed by atoms with E-state index in [4.69, 9.17) is 10.8 Å². The third kappa shape index (κ3) is 2.27. The molecule has 0 aliphatic heterocycles. The van der Waals surface area contributed by atoms with Crippen LogP contribution in [-0.2, 0) is 0 Å². The molecule has 11 heavy (non-hydrogen) atoms. The Morgan fingerprint density at radius 3 is 2.73 bits per heavy atom. The quantitative estimate of drug-likeness (QED) is 0.823. The van der Waals surface area contributed by atoms with E-state index in [1.54, 1.807) is 18.3 Å². The predicted molar refractivity (Wildman–Crippen MR) is 50.6 cm³/mol. The minimum Gasteiger partial charge on any atom is -0.391 e. The van der Waals surface area contributed by atoms with Gasteiger partial charge >= 0.3 is 0 Å². The minimum absolute atomic E-state index is 0.258. The van der Waals surface area contributed by atoms with Crippen molar-refractivity contribution < 1.29 is 5.11 Å². The molecule has 0 radical (unpaired) electrons. The van der Waals surface area contributed by atoms with Crippen molar-refractivity contribution in [2.24, 2.45) is 5.73 Å². The Kier molecular flexibility index (Phi) is 3.06. The second-order valence-electron chi connectivity index (χ2n) is 2.43. The van der Waals surface area contributed by atoms with Gasteiger partial charge < -0.3 is 10.8 Å². The van der Waals surface area contributed by atoms with E-state index in [9.17, 15) is 0 Å². The molecule has 0 aromatic carbocycles. The molecule has 0 spiro atoms. The molecule has 4 heteroatoms. The highest BCUT2D eigenvalue weighted by atomic mass is 79.9. The summed E-state index contributed by atoms with van der Waals surface area (Å²) >= 11 is 4.88. The second kappa shape index (κ2) is 3.67. The summed E-state index contributed by atoms with van der Waals surface area (Å²) in [6, 6.07) is 1.67. The molecule has 2 nitrogen and oxygen atoms in total. The molecular weight excluding hydrogens is 226 g/mol. The van der Waals surface area contributed by atoms with Crippen LogP contribution >= 0.6 is 27.3 Å². The summed E-state index contributed by atoms with van der Waals surface area (Å²) in [6.07, 6.45) is -0.486. The molecule has 0 saturated carbocycles. The van der Waals surface area contributed by atoms with E-state index in [1.165, 1.54) is 0 Å². The van der Waals surface area contributed by atoms with Crippen LogP contribution in [0.3, 0.4) is 0 Å². The summed E-state index contributed by atoms with van der Waals surface area (Å²) < 4.78 is 1.02. The van der Waals surface area contributed by atoms with Crippen LogP contribution < -0.4 is 5.73 Å². The fourth-order valence-electron chi connectivity index (χ4n) is 0.741. The number of thiophene rings is 1. The number of nitrogens with two attached hydrogens (primary N) is 1. The molecule has 2 atom stereocenters. The van der Waals surface area contributed by atoms with Crippen molar-refractivity contribution in [3.63, 3.8) is 0 Å². The summed E-state index contributed by atoms with van der Waals surface area (Å²) in [5.74, 6) is 0. The lowest BCUT2D eigenvalue weighted by Gasteiger charge is -2.11. The van der Waals surface area contributed by atoms with Crippen LogP contribution in [0.15, 0.2) is 15.9 Å². The van der Waals surface area contributed by atoms with Gasteiger partial charge in [-0.1, -0.05) is 0 Å². The molecule has 1 rings (SSSR count). The predicted octanol–water partition coefficient (Wildman–Crippen LogP) is 1.89. The van der Waals surface area contributed by atoms with Gasteiger partial charge in [0.05, 0.1) is 12.1 Å². The Morgan fingerprint density at radius 1 is 1.73 bits per heavy atom. The van der Waals surface area contributed by atoms with Crippen LogP contribution in [0.25, 0.3) is 0 Å². The SMILES string of the molecule is CC(O)[C@@H](N)c1cc(Br)cs1. The van der Waals surface area contributed by atoms with Crippen LogP contribution in [0, 0.1) is 0 Å². The summed E-state index contributed by atoms with van der Waals surface area (Å²) in [5.41, 5.74) is 5.69. The maximum Gasteiger partial charge on any atom is 0.0712 e. The molecule has 1 unspecified atom stereocenters. The van der Waals surface area contributed by atoms with E-state index in [0.717, 1.165) is 9.35 Å². The van der Waals surface area contributed by atoms with Crippen molar-refractivity contribution in [1.82, 2.24) is 0 Å². The Balaban J connectivity index is 2.76. The first kappa shape index (κ1) is 9.19. The zero-order valence-electron chi connectivity index (χ0n) is 6.12. The van der Waals surface area contributed by atoms with Crippen LogP contribution in [-0.4, -0.2) is 11.2 Å². The molecular formula is C7H10BrNOS. The first-order valence-electron chi connectivity index (χ1n) is 3.29. The van der Waals surface area contributed by atoms with E-state index in [1.807, 2.05) is 11.4 Å². The fourth-order valence-corrected chi connectivity index (χ4v) is 2.29. The third-order valence-corrected chi connectivity index (χ3v) is 3.23. The van der Waals surface area contributed by atoms with Crippen molar-refractivity contribution in [1.29, 1.82) is 0 Å². The molecule has 0 bridgehead atoms. The first-order valence-corrected chi connectivity index (χ1v) is 4.96. The topological polar surface area (TPSA) is 46.2 Å². The highest BCUT2D eigenvalue weighted by molar-refractivity contribution is 9.10. The summed E-state index contributed by atoms with van der Waals surface area (Å²) in [7, 11) is 0. The van der Waals surface area contributed by atoms with Gasteiger partial charge in [0.25, 0.3) is 0 Å². The van der Waals surface area contributed by atoms with Crippen LogP contribution in [0.1, 0.15) is 17.8 Å². The molecule has 62 valence electrons. The molecule has 1 aromatic rings. The van der Waals surface area contributed by atoms with Gasteiger partial charge in [0.1, 0.15) is 0 Å². The van der Waals surface area contributed by atoms with Gasteiger partial charge in [-0.25, -0.2) is 0 Å². The Hall–Kier alpha value is 0.1000. The monoisotopic (exact) mass is 235 g/mol.